The number of amides is 1. The van der Waals surface area contributed by atoms with Gasteiger partial charge in [-0.2, -0.15) is 4.31 Å². The van der Waals surface area contributed by atoms with Crippen molar-refractivity contribution in [1.29, 1.82) is 0 Å². The first-order valence-electron chi connectivity index (χ1n) is 11.9. The van der Waals surface area contributed by atoms with E-state index in [2.05, 4.69) is 10.2 Å². The van der Waals surface area contributed by atoms with Gasteiger partial charge in [-0.3, -0.25) is 4.79 Å². The molecule has 184 valence electrons. The van der Waals surface area contributed by atoms with Crippen LogP contribution in [0, 0.1) is 0 Å². The minimum Gasteiger partial charge on any atom is -0.378 e. The first-order chi connectivity index (χ1) is 17.0. The zero-order valence-electron chi connectivity index (χ0n) is 20.1. The second-order valence-electron chi connectivity index (χ2n) is 8.23. The Morgan fingerprint density at radius 3 is 2.29 bits per heavy atom. The Balaban J connectivity index is 1.75. The molecule has 1 fully saturated rings. The van der Waals surface area contributed by atoms with Crippen LogP contribution < -0.4 is 10.2 Å². The molecule has 1 aliphatic heterocycles. The fraction of sp³-hybridized carbons (Fsp3) is 0.296. The molecule has 4 rings (SSSR count). The number of benzene rings is 3. The van der Waals surface area contributed by atoms with Gasteiger partial charge in [0.2, 0.25) is 10.0 Å². The molecule has 1 amide bonds. The van der Waals surface area contributed by atoms with Gasteiger partial charge < -0.3 is 15.0 Å². The molecular weight excluding hydrogens is 462 g/mol. The second kappa shape index (κ2) is 11.0. The van der Waals surface area contributed by atoms with Gasteiger partial charge in [-0.25, -0.2) is 8.42 Å². The monoisotopic (exact) mass is 493 g/mol. The molecule has 0 saturated carbocycles. The summed E-state index contributed by atoms with van der Waals surface area (Å²) in [5, 5.41) is 3.04. The summed E-state index contributed by atoms with van der Waals surface area (Å²) in [6, 6.07) is 22.2. The summed E-state index contributed by atoms with van der Waals surface area (Å²) in [5.41, 5.74) is 3.55. The summed E-state index contributed by atoms with van der Waals surface area (Å²) in [5.74, 6) is -0.355. The zero-order chi connectivity index (χ0) is 24.8. The fourth-order valence-corrected chi connectivity index (χ4v) is 5.79. The van der Waals surface area contributed by atoms with Gasteiger partial charge in [-0.05, 0) is 29.8 Å². The van der Waals surface area contributed by atoms with Gasteiger partial charge in [0.05, 0.1) is 23.7 Å². The van der Waals surface area contributed by atoms with Crippen molar-refractivity contribution in [3.63, 3.8) is 0 Å². The number of nitrogens with one attached hydrogen (secondary N) is 1. The predicted molar refractivity (Wildman–Crippen MR) is 139 cm³/mol. The number of para-hydroxylation sites is 1. The lowest BCUT2D eigenvalue weighted by atomic mass is 10.0. The molecule has 1 heterocycles. The van der Waals surface area contributed by atoms with Crippen molar-refractivity contribution in [2.45, 2.75) is 18.7 Å². The van der Waals surface area contributed by atoms with E-state index in [1.165, 1.54) is 10.4 Å². The second-order valence-corrected chi connectivity index (χ2v) is 10.2. The van der Waals surface area contributed by atoms with Gasteiger partial charge in [0.15, 0.2) is 0 Å². The largest absolute Gasteiger partial charge is 0.378 e. The number of sulfonamides is 1. The summed E-state index contributed by atoms with van der Waals surface area (Å²) in [6.45, 7) is 6.68. The van der Waals surface area contributed by atoms with E-state index in [4.69, 9.17) is 4.74 Å². The molecule has 8 heteroatoms. The zero-order valence-corrected chi connectivity index (χ0v) is 20.9. The van der Waals surface area contributed by atoms with Gasteiger partial charge in [0.1, 0.15) is 0 Å². The van der Waals surface area contributed by atoms with E-state index in [1.807, 2.05) is 54.6 Å². The van der Waals surface area contributed by atoms with E-state index < -0.39 is 10.0 Å². The number of rotatable bonds is 8. The number of anilines is 2. The van der Waals surface area contributed by atoms with Crippen LogP contribution in [-0.4, -0.2) is 58.0 Å². The van der Waals surface area contributed by atoms with Crippen LogP contribution in [0.25, 0.3) is 11.1 Å². The Labute approximate surface area is 207 Å². The number of carbonyl (C=O) groups excluding carboxylic acids is 1. The standard InChI is InChI=1S/C27H31N3O4S/c1-3-30(4-2)35(32,33)22-14-15-26(29-16-18-34-19-17-29)24(20-22)27(31)28-25-13-9-8-12-23(25)21-10-6-5-7-11-21/h5-15,20H,3-4,16-19H2,1-2H3,(H,28,31). The maximum Gasteiger partial charge on any atom is 0.257 e. The first kappa shape index (κ1) is 24.9. The SMILES string of the molecule is CCN(CC)S(=O)(=O)c1ccc(N2CCOCC2)c(C(=O)Nc2ccccc2-c2ccccc2)c1. The van der Waals surface area contributed by atoms with Crippen molar-refractivity contribution in [2.24, 2.45) is 0 Å². The van der Waals surface area contributed by atoms with Crippen LogP contribution in [0.1, 0.15) is 24.2 Å². The number of hydrogen-bond donors (Lipinski definition) is 1. The van der Waals surface area contributed by atoms with Crippen LogP contribution in [0.3, 0.4) is 0 Å². The van der Waals surface area contributed by atoms with Gasteiger partial charge in [0.25, 0.3) is 5.91 Å². The molecule has 0 atom stereocenters. The van der Waals surface area contributed by atoms with Crippen LogP contribution in [-0.2, 0) is 14.8 Å². The van der Waals surface area contributed by atoms with Crippen molar-refractivity contribution >= 4 is 27.3 Å². The summed E-state index contributed by atoms with van der Waals surface area (Å²) < 4.78 is 33.3. The molecule has 0 spiro atoms. The summed E-state index contributed by atoms with van der Waals surface area (Å²) in [6.07, 6.45) is 0. The van der Waals surface area contributed by atoms with Crippen LogP contribution in [0.2, 0.25) is 0 Å². The highest BCUT2D eigenvalue weighted by molar-refractivity contribution is 7.89. The lowest BCUT2D eigenvalue weighted by Gasteiger charge is -2.31. The number of ether oxygens (including phenoxy) is 1. The van der Waals surface area contributed by atoms with E-state index >= 15 is 0 Å². The summed E-state index contributed by atoms with van der Waals surface area (Å²) >= 11 is 0. The average Bonchev–Trinajstić information content (AvgIpc) is 2.90. The Hall–Kier alpha value is -3.20. The van der Waals surface area contributed by atoms with E-state index in [-0.39, 0.29) is 10.8 Å². The van der Waals surface area contributed by atoms with Gasteiger partial charge >= 0.3 is 0 Å². The first-order valence-corrected chi connectivity index (χ1v) is 13.3. The number of morpholine rings is 1. The van der Waals surface area contributed by atoms with Crippen molar-refractivity contribution in [1.82, 2.24) is 4.31 Å². The van der Waals surface area contributed by atoms with Gasteiger partial charge in [-0.15, -0.1) is 0 Å². The number of nitrogens with zero attached hydrogens (tertiary/aromatic N) is 2. The number of hydrogen-bond acceptors (Lipinski definition) is 5. The normalized spacial score (nSPS) is 14.2. The molecule has 3 aromatic rings. The van der Waals surface area contributed by atoms with Crippen molar-refractivity contribution in [3.8, 4) is 11.1 Å². The molecule has 1 N–H and O–H groups in total. The third-order valence-corrected chi connectivity index (χ3v) is 8.21. The number of carbonyl (C=O) groups is 1. The van der Waals surface area contributed by atoms with Gasteiger partial charge in [0, 0.05) is 43.1 Å². The third kappa shape index (κ3) is 5.40. The minimum atomic E-state index is -3.72. The Morgan fingerprint density at radius 2 is 1.60 bits per heavy atom. The Kier molecular flexibility index (Phi) is 7.85. The van der Waals surface area contributed by atoms with E-state index in [1.54, 1.807) is 26.0 Å². The molecule has 0 bridgehead atoms. The predicted octanol–water partition coefficient (Wildman–Crippen LogP) is 4.47. The summed E-state index contributed by atoms with van der Waals surface area (Å²) in [7, 11) is -3.72. The van der Waals surface area contributed by atoms with Crippen molar-refractivity contribution < 1.29 is 17.9 Å². The Bertz CT molecular complexity index is 1270. The molecule has 0 radical (unpaired) electrons. The molecule has 1 saturated heterocycles. The smallest absolute Gasteiger partial charge is 0.257 e. The average molecular weight is 494 g/mol. The molecule has 1 aliphatic rings. The minimum absolute atomic E-state index is 0.111. The quantitative estimate of drug-likeness (QED) is 0.501. The Morgan fingerprint density at radius 1 is 0.943 bits per heavy atom. The lowest BCUT2D eigenvalue weighted by Crippen LogP contribution is -2.37. The fourth-order valence-electron chi connectivity index (χ4n) is 4.30. The molecule has 7 nitrogen and oxygen atoms in total. The van der Waals surface area contributed by atoms with Crippen molar-refractivity contribution in [2.75, 3.05) is 49.6 Å². The molecule has 3 aromatic carbocycles. The maximum absolute atomic E-state index is 13.7. The highest BCUT2D eigenvalue weighted by atomic mass is 32.2. The van der Waals surface area contributed by atoms with E-state index in [0.717, 1.165) is 11.1 Å². The highest BCUT2D eigenvalue weighted by Gasteiger charge is 2.26. The van der Waals surface area contributed by atoms with Crippen molar-refractivity contribution in [3.05, 3.63) is 78.4 Å². The summed E-state index contributed by atoms with van der Waals surface area (Å²) in [4.78, 5) is 15.8. The van der Waals surface area contributed by atoms with E-state index in [0.29, 0.717) is 56.3 Å². The molecule has 35 heavy (non-hydrogen) atoms. The van der Waals surface area contributed by atoms with Crippen LogP contribution in [0.4, 0.5) is 11.4 Å². The molecule has 0 unspecified atom stereocenters. The third-order valence-electron chi connectivity index (χ3n) is 6.17. The molecule has 0 aliphatic carbocycles. The maximum atomic E-state index is 13.7. The van der Waals surface area contributed by atoms with Crippen LogP contribution >= 0.6 is 0 Å². The molecule has 0 aromatic heterocycles. The highest BCUT2D eigenvalue weighted by Crippen LogP contribution is 2.31. The van der Waals surface area contributed by atoms with Gasteiger partial charge in [-0.1, -0.05) is 62.4 Å². The lowest BCUT2D eigenvalue weighted by molar-refractivity contribution is 0.102. The topological polar surface area (TPSA) is 79.0 Å². The van der Waals surface area contributed by atoms with Crippen LogP contribution in [0.5, 0.6) is 0 Å². The molecular formula is C27H31N3O4S. The van der Waals surface area contributed by atoms with Crippen LogP contribution in [0.15, 0.2) is 77.7 Å². The van der Waals surface area contributed by atoms with E-state index in [9.17, 15) is 13.2 Å².